The number of carbonyl (C=O) groups is 1. The highest BCUT2D eigenvalue weighted by Crippen LogP contribution is 2.32. The SMILES string of the molecule is CC(CC1CCC1)C(O)C(N)=O. The van der Waals surface area contributed by atoms with E-state index in [4.69, 9.17) is 5.73 Å². The molecule has 0 aliphatic heterocycles. The molecule has 0 heterocycles. The number of carbonyl (C=O) groups excluding carboxylic acids is 1. The molecule has 1 rings (SSSR count). The summed E-state index contributed by atoms with van der Waals surface area (Å²) in [4.78, 5) is 10.6. The number of aliphatic hydroxyl groups is 1. The van der Waals surface area contributed by atoms with Gasteiger partial charge in [-0.2, -0.15) is 0 Å². The summed E-state index contributed by atoms with van der Waals surface area (Å²) in [7, 11) is 0. The molecule has 0 saturated heterocycles. The topological polar surface area (TPSA) is 63.3 Å². The van der Waals surface area contributed by atoms with Crippen LogP contribution in [0.1, 0.15) is 32.6 Å². The number of amides is 1. The molecule has 1 aliphatic carbocycles. The first-order valence-electron chi connectivity index (χ1n) is 4.58. The molecule has 1 amide bonds. The van der Waals surface area contributed by atoms with E-state index >= 15 is 0 Å². The lowest BCUT2D eigenvalue weighted by atomic mass is 9.78. The summed E-state index contributed by atoms with van der Waals surface area (Å²) in [6.07, 6.45) is 3.77. The van der Waals surface area contributed by atoms with Crippen LogP contribution in [-0.2, 0) is 4.79 Å². The van der Waals surface area contributed by atoms with E-state index in [2.05, 4.69) is 0 Å². The van der Waals surface area contributed by atoms with Crippen molar-refractivity contribution in [3.8, 4) is 0 Å². The van der Waals surface area contributed by atoms with Crippen LogP contribution >= 0.6 is 0 Å². The third kappa shape index (κ3) is 2.21. The highest BCUT2D eigenvalue weighted by molar-refractivity contribution is 5.78. The van der Waals surface area contributed by atoms with Gasteiger partial charge in [0.25, 0.3) is 0 Å². The van der Waals surface area contributed by atoms with E-state index in [1.165, 1.54) is 19.3 Å². The molecular weight excluding hydrogens is 154 g/mol. The molecule has 0 aromatic rings. The molecule has 0 radical (unpaired) electrons. The van der Waals surface area contributed by atoms with Crippen LogP contribution in [0.4, 0.5) is 0 Å². The highest BCUT2D eigenvalue weighted by Gasteiger charge is 2.26. The smallest absolute Gasteiger partial charge is 0.246 e. The average molecular weight is 171 g/mol. The molecule has 1 fully saturated rings. The Morgan fingerprint density at radius 2 is 2.25 bits per heavy atom. The van der Waals surface area contributed by atoms with Gasteiger partial charge in [-0.3, -0.25) is 4.79 Å². The van der Waals surface area contributed by atoms with Crippen molar-refractivity contribution in [2.45, 2.75) is 38.7 Å². The summed E-state index contributed by atoms with van der Waals surface area (Å²) in [6.45, 7) is 1.88. The van der Waals surface area contributed by atoms with Crippen molar-refractivity contribution in [3.63, 3.8) is 0 Å². The van der Waals surface area contributed by atoms with Gasteiger partial charge in [-0.25, -0.2) is 0 Å². The molecular formula is C9H17NO2. The van der Waals surface area contributed by atoms with E-state index in [-0.39, 0.29) is 5.92 Å². The Hall–Kier alpha value is -0.570. The molecule has 3 N–H and O–H groups in total. The Kier molecular flexibility index (Phi) is 3.09. The van der Waals surface area contributed by atoms with Crippen molar-refractivity contribution in [1.82, 2.24) is 0 Å². The summed E-state index contributed by atoms with van der Waals surface area (Å²) in [5, 5.41) is 9.29. The Morgan fingerprint density at radius 1 is 1.67 bits per heavy atom. The summed E-state index contributed by atoms with van der Waals surface area (Å²) in [5.41, 5.74) is 4.98. The minimum absolute atomic E-state index is 0.0211. The van der Waals surface area contributed by atoms with Gasteiger partial charge in [-0.1, -0.05) is 26.2 Å². The van der Waals surface area contributed by atoms with E-state index in [9.17, 15) is 9.90 Å². The first-order valence-corrected chi connectivity index (χ1v) is 4.58. The van der Waals surface area contributed by atoms with Crippen molar-refractivity contribution in [2.75, 3.05) is 0 Å². The molecule has 2 atom stereocenters. The molecule has 3 heteroatoms. The maximum Gasteiger partial charge on any atom is 0.246 e. The van der Waals surface area contributed by atoms with Gasteiger partial charge >= 0.3 is 0 Å². The quantitative estimate of drug-likeness (QED) is 0.652. The molecule has 1 saturated carbocycles. The van der Waals surface area contributed by atoms with Gasteiger partial charge in [-0.05, 0) is 18.3 Å². The molecule has 2 unspecified atom stereocenters. The Bertz CT molecular complexity index is 166. The van der Waals surface area contributed by atoms with Crippen molar-refractivity contribution in [3.05, 3.63) is 0 Å². The van der Waals surface area contributed by atoms with Crippen LogP contribution in [0.2, 0.25) is 0 Å². The number of primary amides is 1. The number of hydrogen-bond acceptors (Lipinski definition) is 2. The van der Waals surface area contributed by atoms with Crippen LogP contribution in [0.5, 0.6) is 0 Å². The largest absolute Gasteiger partial charge is 0.383 e. The highest BCUT2D eigenvalue weighted by atomic mass is 16.3. The van der Waals surface area contributed by atoms with Crippen LogP contribution in [-0.4, -0.2) is 17.1 Å². The molecule has 0 bridgehead atoms. The van der Waals surface area contributed by atoms with Crippen LogP contribution in [0.25, 0.3) is 0 Å². The van der Waals surface area contributed by atoms with Gasteiger partial charge in [0.15, 0.2) is 0 Å². The van der Waals surface area contributed by atoms with Gasteiger partial charge in [-0.15, -0.1) is 0 Å². The summed E-state index contributed by atoms with van der Waals surface area (Å²) in [5.74, 6) is 0.142. The zero-order valence-corrected chi connectivity index (χ0v) is 7.49. The van der Waals surface area contributed by atoms with Gasteiger partial charge in [0.2, 0.25) is 5.91 Å². The van der Waals surface area contributed by atoms with E-state index in [0.29, 0.717) is 5.92 Å². The minimum atomic E-state index is -0.953. The zero-order valence-electron chi connectivity index (χ0n) is 7.49. The molecule has 0 spiro atoms. The van der Waals surface area contributed by atoms with E-state index in [1.54, 1.807) is 0 Å². The second kappa shape index (κ2) is 3.90. The van der Waals surface area contributed by atoms with Crippen molar-refractivity contribution < 1.29 is 9.90 Å². The normalized spacial score (nSPS) is 22.8. The van der Waals surface area contributed by atoms with Gasteiger partial charge in [0.05, 0.1) is 0 Å². The van der Waals surface area contributed by atoms with Crippen LogP contribution in [0.3, 0.4) is 0 Å². The predicted octanol–water partition coefficient (Wildman–Crippen LogP) is 0.659. The Labute approximate surface area is 72.9 Å². The Balaban J connectivity index is 2.25. The van der Waals surface area contributed by atoms with Crippen LogP contribution in [0, 0.1) is 11.8 Å². The van der Waals surface area contributed by atoms with E-state index < -0.39 is 12.0 Å². The summed E-state index contributed by atoms with van der Waals surface area (Å²) < 4.78 is 0. The molecule has 12 heavy (non-hydrogen) atoms. The van der Waals surface area contributed by atoms with Crippen LogP contribution in [0.15, 0.2) is 0 Å². The van der Waals surface area contributed by atoms with E-state index in [0.717, 1.165) is 6.42 Å². The lowest BCUT2D eigenvalue weighted by Gasteiger charge is -2.29. The first-order chi connectivity index (χ1) is 5.61. The molecule has 0 aromatic carbocycles. The van der Waals surface area contributed by atoms with Crippen molar-refractivity contribution >= 4 is 5.91 Å². The zero-order chi connectivity index (χ0) is 9.14. The lowest BCUT2D eigenvalue weighted by molar-refractivity contribution is -0.128. The third-order valence-electron chi connectivity index (χ3n) is 2.76. The fourth-order valence-electron chi connectivity index (χ4n) is 1.66. The average Bonchev–Trinajstić information content (AvgIpc) is 1.94. The second-order valence-corrected chi connectivity index (χ2v) is 3.86. The Morgan fingerprint density at radius 3 is 2.58 bits per heavy atom. The summed E-state index contributed by atoms with van der Waals surface area (Å²) in [6, 6.07) is 0. The molecule has 3 nitrogen and oxygen atoms in total. The number of aliphatic hydroxyl groups excluding tert-OH is 1. The molecule has 70 valence electrons. The first kappa shape index (κ1) is 9.52. The number of hydrogen-bond donors (Lipinski definition) is 2. The number of nitrogens with two attached hydrogens (primary N) is 1. The minimum Gasteiger partial charge on any atom is -0.383 e. The maximum absolute atomic E-state index is 10.6. The predicted molar refractivity (Wildman–Crippen MR) is 46.3 cm³/mol. The number of rotatable bonds is 4. The second-order valence-electron chi connectivity index (χ2n) is 3.86. The lowest BCUT2D eigenvalue weighted by Crippen LogP contribution is -2.35. The van der Waals surface area contributed by atoms with E-state index in [1.807, 2.05) is 6.92 Å². The maximum atomic E-state index is 10.6. The fourth-order valence-corrected chi connectivity index (χ4v) is 1.66. The van der Waals surface area contributed by atoms with Gasteiger partial charge < -0.3 is 10.8 Å². The fraction of sp³-hybridized carbons (Fsp3) is 0.889. The molecule has 1 aliphatic rings. The standard InChI is InChI=1S/C9H17NO2/c1-6(8(11)9(10)12)5-7-3-2-4-7/h6-8,11H,2-5H2,1H3,(H2,10,12). The summed E-state index contributed by atoms with van der Waals surface area (Å²) >= 11 is 0. The molecule has 0 aromatic heterocycles. The third-order valence-corrected chi connectivity index (χ3v) is 2.76. The van der Waals surface area contributed by atoms with Gasteiger partial charge in [0.1, 0.15) is 6.10 Å². The van der Waals surface area contributed by atoms with Gasteiger partial charge in [0, 0.05) is 0 Å². The monoisotopic (exact) mass is 171 g/mol. The van der Waals surface area contributed by atoms with Crippen molar-refractivity contribution in [1.29, 1.82) is 0 Å². The van der Waals surface area contributed by atoms with Crippen molar-refractivity contribution in [2.24, 2.45) is 17.6 Å². The van der Waals surface area contributed by atoms with Crippen LogP contribution < -0.4 is 5.73 Å².